The summed E-state index contributed by atoms with van der Waals surface area (Å²) < 4.78 is 7.53. The smallest absolute Gasteiger partial charge is 0.138 e. The second-order valence-corrected chi connectivity index (χ2v) is 5.53. The fourth-order valence-corrected chi connectivity index (χ4v) is 2.25. The van der Waals surface area contributed by atoms with Crippen molar-refractivity contribution in [2.24, 2.45) is 0 Å². The molecule has 1 rings (SSSR count). The minimum absolute atomic E-state index is 0.123. The Balaban J connectivity index is 2.69. The maximum absolute atomic E-state index is 5.53. The highest BCUT2D eigenvalue weighted by Gasteiger charge is 2.23. The lowest BCUT2D eigenvalue weighted by Crippen LogP contribution is -2.39. The molecule has 0 radical (unpaired) electrons. The number of nitrogens with zero attached hydrogens (tertiary/aromatic N) is 3. The topological polar surface area (TPSA) is 52.0 Å². The molecule has 5 heteroatoms. The minimum Gasteiger partial charge on any atom is -0.379 e. The van der Waals surface area contributed by atoms with Crippen LogP contribution in [0.15, 0.2) is 6.33 Å². The average molecular weight is 268 g/mol. The normalized spacial score (nSPS) is 13.7. The lowest BCUT2D eigenvalue weighted by atomic mass is 9.96. The number of nitrogens with one attached hydrogen (secondary N) is 1. The van der Waals surface area contributed by atoms with E-state index in [0.717, 1.165) is 38.2 Å². The van der Waals surface area contributed by atoms with Gasteiger partial charge in [0.15, 0.2) is 0 Å². The van der Waals surface area contributed by atoms with E-state index in [9.17, 15) is 0 Å². The molecule has 0 saturated carbocycles. The number of rotatable bonds is 9. The summed E-state index contributed by atoms with van der Waals surface area (Å²) in [6.07, 6.45) is 4.57. The average Bonchev–Trinajstić information content (AvgIpc) is 2.77. The van der Waals surface area contributed by atoms with Crippen molar-refractivity contribution in [3.63, 3.8) is 0 Å². The highest BCUT2D eigenvalue weighted by molar-refractivity contribution is 4.92. The van der Waals surface area contributed by atoms with Crippen molar-refractivity contribution in [2.45, 2.75) is 65.1 Å². The van der Waals surface area contributed by atoms with Gasteiger partial charge in [0.25, 0.3) is 0 Å². The summed E-state index contributed by atoms with van der Waals surface area (Å²) in [4.78, 5) is 4.38. The Labute approximate surface area is 116 Å². The molecular weight excluding hydrogens is 240 g/mol. The lowest BCUT2D eigenvalue weighted by Gasteiger charge is -2.29. The van der Waals surface area contributed by atoms with Crippen molar-refractivity contribution in [2.75, 3.05) is 13.7 Å². The van der Waals surface area contributed by atoms with Crippen molar-refractivity contribution in [3.05, 3.63) is 12.2 Å². The Bertz CT molecular complexity index is 362. The van der Waals surface area contributed by atoms with Gasteiger partial charge in [0.1, 0.15) is 12.2 Å². The molecule has 5 nitrogen and oxygen atoms in total. The molecule has 1 heterocycles. The van der Waals surface area contributed by atoms with Crippen molar-refractivity contribution in [1.29, 1.82) is 0 Å². The molecule has 0 aliphatic heterocycles. The lowest BCUT2D eigenvalue weighted by molar-refractivity contribution is 0.00704. The van der Waals surface area contributed by atoms with Crippen LogP contribution in [0.5, 0.6) is 0 Å². The molecule has 0 aromatic carbocycles. The Morgan fingerprint density at radius 1 is 1.42 bits per heavy atom. The zero-order valence-corrected chi connectivity index (χ0v) is 12.9. The molecule has 1 atom stereocenters. The van der Waals surface area contributed by atoms with E-state index in [2.05, 4.69) is 43.1 Å². The SMILES string of the molecule is CCCn1ncnc1CC(CC(C)(C)OC)NCC. The molecule has 0 saturated heterocycles. The van der Waals surface area contributed by atoms with Crippen molar-refractivity contribution in [1.82, 2.24) is 20.1 Å². The Morgan fingerprint density at radius 2 is 2.16 bits per heavy atom. The van der Waals surface area contributed by atoms with Gasteiger partial charge in [-0.3, -0.25) is 4.68 Å². The zero-order valence-electron chi connectivity index (χ0n) is 12.9. The van der Waals surface area contributed by atoms with Gasteiger partial charge >= 0.3 is 0 Å². The molecule has 0 aliphatic rings. The Morgan fingerprint density at radius 3 is 2.74 bits per heavy atom. The second-order valence-electron chi connectivity index (χ2n) is 5.53. The largest absolute Gasteiger partial charge is 0.379 e. The van der Waals surface area contributed by atoms with Crippen LogP contribution >= 0.6 is 0 Å². The highest BCUT2D eigenvalue weighted by atomic mass is 16.5. The van der Waals surface area contributed by atoms with Crippen molar-refractivity contribution >= 4 is 0 Å². The molecule has 1 aromatic rings. The van der Waals surface area contributed by atoms with Crippen LogP contribution in [0, 0.1) is 0 Å². The van der Waals surface area contributed by atoms with Gasteiger partial charge in [0.2, 0.25) is 0 Å². The minimum atomic E-state index is -0.123. The first-order valence-electron chi connectivity index (χ1n) is 7.17. The van der Waals surface area contributed by atoms with Gasteiger partial charge in [-0.2, -0.15) is 5.10 Å². The molecule has 0 amide bonds. The van der Waals surface area contributed by atoms with Crippen LogP contribution in [-0.4, -0.2) is 40.1 Å². The number of likely N-dealkylation sites (N-methyl/N-ethyl adjacent to an activating group) is 1. The monoisotopic (exact) mass is 268 g/mol. The van der Waals surface area contributed by atoms with E-state index >= 15 is 0 Å². The number of aromatic nitrogens is 3. The van der Waals surface area contributed by atoms with Crippen LogP contribution < -0.4 is 5.32 Å². The van der Waals surface area contributed by atoms with Gasteiger partial charge in [-0.05, 0) is 33.2 Å². The highest BCUT2D eigenvalue weighted by Crippen LogP contribution is 2.17. The standard InChI is InChI=1S/C14H28N4O/c1-6-8-18-13(16-11-17-18)9-12(15-7-2)10-14(3,4)19-5/h11-12,15H,6-10H2,1-5H3. The predicted molar refractivity (Wildman–Crippen MR) is 77.2 cm³/mol. The van der Waals surface area contributed by atoms with Crippen LogP contribution in [0.3, 0.4) is 0 Å². The third-order valence-corrected chi connectivity index (χ3v) is 3.34. The fourth-order valence-electron chi connectivity index (χ4n) is 2.25. The van der Waals surface area contributed by atoms with Gasteiger partial charge < -0.3 is 10.1 Å². The molecule has 19 heavy (non-hydrogen) atoms. The van der Waals surface area contributed by atoms with Crippen LogP contribution in [0.4, 0.5) is 0 Å². The van der Waals surface area contributed by atoms with Gasteiger partial charge in [0, 0.05) is 26.1 Å². The second kappa shape index (κ2) is 7.60. The van der Waals surface area contributed by atoms with Crippen LogP contribution in [-0.2, 0) is 17.7 Å². The van der Waals surface area contributed by atoms with E-state index < -0.39 is 0 Å². The molecule has 0 aliphatic carbocycles. The molecule has 1 aromatic heterocycles. The molecule has 0 bridgehead atoms. The molecule has 0 fully saturated rings. The summed E-state index contributed by atoms with van der Waals surface area (Å²) in [6.45, 7) is 10.4. The quantitative estimate of drug-likeness (QED) is 0.744. The summed E-state index contributed by atoms with van der Waals surface area (Å²) in [6, 6.07) is 0.361. The van der Waals surface area contributed by atoms with E-state index in [1.165, 1.54) is 0 Å². The summed E-state index contributed by atoms with van der Waals surface area (Å²) in [5.41, 5.74) is -0.123. The summed E-state index contributed by atoms with van der Waals surface area (Å²) in [5, 5.41) is 7.80. The van der Waals surface area contributed by atoms with E-state index in [1.54, 1.807) is 13.4 Å². The molecule has 1 unspecified atom stereocenters. The first kappa shape index (κ1) is 16.1. The Kier molecular flexibility index (Phi) is 6.45. The van der Waals surface area contributed by atoms with E-state index in [1.807, 2.05) is 4.68 Å². The Hall–Kier alpha value is -0.940. The predicted octanol–water partition coefficient (Wildman–Crippen LogP) is 2.02. The number of ether oxygens (including phenoxy) is 1. The summed E-state index contributed by atoms with van der Waals surface area (Å²) in [7, 11) is 1.77. The van der Waals surface area contributed by atoms with E-state index in [4.69, 9.17) is 4.74 Å². The van der Waals surface area contributed by atoms with E-state index in [-0.39, 0.29) is 5.60 Å². The van der Waals surface area contributed by atoms with Gasteiger partial charge in [0.05, 0.1) is 5.60 Å². The van der Waals surface area contributed by atoms with Crippen LogP contribution in [0.2, 0.25) is 0 Å². The van der Waals surface area contributed by atoms with Gasteiger partial charge in [-0.25, -0.2) is 4.98 Å². The summed E-state index contributed by atoms with van der Waals surface area (Å²) in [5.74, 6) is 1.06. The maximum atomic E-state index is 5.53. The third kappa shape index (κ3) is 5.28. The fraction of sp³-hybridized carbons (Fsp3) is 0.857. The number of aryl methyl sites for hydroxylation is 1. The van der Waals surface area contributed by atoms with Crippen LogP contribution in [0.25, 0.3) is 0 Å². The molecule has 110 valence electrons. The van der Waals surface area contributed by atoms with E-state index in [0.29, 0.717) is 6.04 Å². The van der Waals surface area contributed by atoms with Gasteiger partial charge in [-0.15, -0.1) is 0 Å². The number of hydrogen-bond donors (Lipinski definition) is 1. The maximum Gasteiger partial charge on any atom is 0.138 e. The van der Waals surface area contributed by atoms with Crippen LogP contribution in [0.1, 0.15) is 46.4 Å². The first-order chi connectivity index (χ1) is 9.02. The molecule has 1 N–H and O–H groups in total. The molecule has 0 spiro atoms. The first-order valence-corrected chi connectivity index (χ1v) is 7.17. The summed E-state index contributed by atoms with van der Waals surface area (Å²) >= 11 is 0. The zero-order chi connectivity index (χ0) is 14.3. The van der Waals surface area contributed by atoms with Crippen molar-refractivity contribution < 1.29 is 4.74 Å². The number of methoxy groups -OCH3 is 1. The van der Waals surface area contributed by atoms with Crippen molar-refractivity contribution in [3.8, 4) is 0 Å². The van der Waals surface area contributed by atoms with Gasteiger partial charge in [-0.1, -0.05) is 13.8 Å². The third-order valence-electron chi connectivity index (χ3n) is 3.34. The molecular formula is C14H28N4O. The number of hydrogen-bond acceptors (Lipinski definition) is 4.